The van der Waals surface area contributed by atoms with Crippen LogP contribution in [-0.2, 0) is 4.79 Å². The summed E-state index contributed by atoms with van der Waals surface area (Å²) in [6, 6.07) is 26.4. The van der Waals surface area contributed by atoms with E-state index in [1.165, 1.54) is 0 Å². The van der Waals surface area contributed by atoms with E-state index in [1.807, 2.05) is 72.8 Å². The first-order valence-electron chi connectivity index (χ1n) is 8.16. The molecule has 0 radical (unpaired) electrons. The first kappa shape index (κ1) is 15.7. The molecule has 26 heavy (non-hydrogen) atoms. The number of esters is 1. The molecule has 0 aliphatic carbocycles. The van der Waals surface area contributed by atoms with Gasteiger partial charge in [-0.3, -0.25) is 0 Å². The Kier molecular flexibility index (Phi) is 4.24. The maximum Gasteiger partial charge on any atom is 0.390 e. The van der Waals surface area contributed by atoms with Crippen LogP contribution in [0.2, 0.25) is 0 Å². The van der Waals surface area contributed by atoms with E-state index in [0.29, 0.717) is 11.3 Å². The molecule has 0 unspecified atom stereocenters. The average Bonchev–Trinajstić information content (AvgIpc) is 3.11. The van der Waals surface area contributed by atoms with Crippen molar-refractivity contribution in [1.82, 2.24) is 0 Å². The predicted octanol–water partition coefficient (Wildman–Crippen LogP) is 5.06. The van der Waals surface area contributed by atoms with E-state index in [-0.39, 0.29) is 0 Å². The number of benzene rings is 3. The summed E-state index contributed by atoms with van der Waals surface area (Å²) in [5.41, 5.74) is 2.42. The van der Waals surface area contributed by atoms with Crippen LogP contribution in [-0.4, -0.2) is 5.97 Å². The molecule has 0 saturated carbocycles. The summed E-state index contributed by atoms with van der Waals surface area (Å²) in [6.07, 6.45) is 0. The Morgan fingerprint density at radius 3 is 2.35 bits per heavy atom. The molecule has 1 aromatic heterocycles. The van der Waals surface area contributed by atoms with Crippen LogP contribution in [0.3, 0.4) is 0 Å². The van der Waals surface area contributed by atoms with Crippen LogP contribution < -0.4 is 4.74 Å². The van der Waals surface area contributed by atoms with Gasteiger partial charge < -0.3 is 9.15 Å². The highest BCUT2D eigenvalue weighted by atomic mass is 16.5. The van der Waals surface area contributed by atoms with Crippen molar-refractivity contribution in [1.29, 1.82) is 0 Å². The minimum Gasteiger partial charge on any atom is -0.456 e. The van der Waals surface area contributed by atoms with Crippen LogP contribution in [0, 0.1) is 11.8 Å². The van der Waals surface area contributed by atoms with E-state index in [4.69, 9.17) is 9.15 Å². The van der Waals surface area contributed by atoms with Crippen LogP contribution in [0.1, 0.15) is 5.56 Å². The van der Waals surface area contributed by atoms with Crippen molar-refractivity contribution >= 4 is 16.9 Å². The monoisotopic (exact) mass is 338 g/mol. The molecule has 0 bridgehead atoms. The fourth-order valence-corrected chi connectivity index (χ4v) is 2.60. The second kappa shape index (κ2) is 7.00. The molecule has 124 valence electrons. The molecule has 0 fully saturated rings. The van der Waals surface area contributed by atoms with Crippen molar-refractivity contribution in [2.75, 3.05) is 0 Å². The number of hydrogen-bond donors (Lipinski definition) is 0. The van der Waals surface area contributed by atoms with Crippen molar-refractivity contribution < 1.29 is 13.9 Å². The molecule has 0 saturated heterocycles. The topological polar surface area (TPSA) is 39.4 Å². The lowest BCUT2D eigenvalue weighted by atomic mass is 10.1. The van der Waals surface area contributed by atoms with Gasteiger partial charge in [0, 0.05) is 28.5 Å². The van der Waals surface area contributed by atoms with Gasteiger partial charge >= 0.3 is 5.97 Å². The summed E-state index contributed by atoms with van der Waals surface area (Å²) < 4.78 is 11.2. The Balaban J connectivity index is 1.54. The Morgan fingerprint density at radius 1 is 0.846 bits per heavy atom. The lowest BCUT2D eigenvalue weighted by Crippen LogP contribution is -2.04. The minimum atomic E-state index is -0.608. The number of fused-ring (bicyclic) bond motifs is 1. The van der Waals surface area contributed by atoms with Gasteiger partial charge in [0.1, 0.15) is 17.1 Å². The molecule has 0 aliphatic heterocycles. The number of carbonyl (C=O) groups is 1. The molecule has 0 N–H and O–H groups in total. The van der Waals surface area contributed by atoms with Gasteiger partial charge in [0.25, 0.3) is 0 Å². The van der Waals surface area contributed by atoms with E-state index in [1.54, 1.807) is 12.1 Å². The van der Waals surface area contributed by atoms with Crippen LogP contribution in [0.5, 0.6) is 5.75 Å². The van der Waals surface area contributed by atoms with E-state index in [0.717, 1.165) is 22.3 Å². The summed E-state index contributed by atoms with van der Waals surface area (Å²) in [6.45, 7) is 0. The molecule has 0 atom stereocenters. The van der Waals surface area contributed by atoms with Gasteiger partial charge in [0.2, 0.25) is 0 Å². The van der Waals surface area contributed by atoms with E-state index in [9.17, 15) is 4.79 Å². The number of furan rings is 1. The molecule has 1 heterocycles. The van der Waals surface area contributed by atoms with Gasteiger partial charge in [-0.2, -0.15) is 0 Å². The molecular weight excluding hydrogens is 324 g/mol. The van der Waals surface area contributed by atoms with Gasteiger partial charge in [-0.1, -0.05) is 54.5 Å². The number of rotatable bonds is 2. The van der Waals surface area contributed by atoms with Crippen molar-refractivity contribution in [2.45, 2.75) is 0 Å². The van der Waals surface area contributed by atoms with Crippen molar-refractivity contribution in [3.8, 4) is 28.9 Å². The zero-order valence-electron chi connectivity index (χ0n) is 13.8. The van der Waals surface area contributed by atoms with Crippen LogP contribution in [0.15, 0.2) is 89.3 Å². The zero-order valence-corrected chi connectivity index (χ0v) is 13.8. The molecule has 3 heteroatoms. The highest BCUT2D eigenvalue weighted by Gasteiger charge is 2.08. The number of ether oxygens (including phenoxy) is 1. The first-order valence-corrected chi connectivity index (χ1v) is 8.16. The lowest BCUT2D eigenvalue weighted by Gasteiger charge is -1.99. The third-order valence-corrected chi connectivity index (χ3v) is 3.84. The summed E-state index contributed by atoms with van der Waals surface area (Å²) in [5.74, 6) is 5.83. The second-order valence-electron chi connectivity index (χ2n) is 5.68. The molecule has 3 aromatic carbocycles. The quantitative estimate of drug-likeness (QED) is 0.291. The van der Waals surface area contributed by atoms with Gasteiger partial charge in [0.15, 0.2) is 0 Å². The van der Waals surface area contributed by atoms with E-state index >= 15 is 0 Å². The van der Waals surface area contributed by atoms with Gasteiger partial charge in [-0.05, 0) is 30.3 Å². The summed E-state index contributed by atoms with van der Waals surface area (Å²) >= 11 is 0. The minimum absolute atomic E-state index is 0.402. The molecule has 4 aromatic rings. The Hall–Kier alpha value is -3.77. The van der Waals surface area contributed by atoms with Gasteiger partial charge in [-0.15, -0.1) is 0 Å². The van der Waals surface area contributed by atoms with E-state index < -0.39 is 5.97 Å². The van der Waals surface area contributed by atoms with Crippen LogP contribution in [0.4, 0.5) is 0 Å². The normalized spacial score (nSPS) is 10.2. The molecule has 4 rings (SSSR count). The van der Waals surface area contributed by atoms with E-state index in [2.05, 4.69) is 11.8 Å². The Bertz CT molecular complexity index is 1110. The number of carbonyl (C=O) groups excluding carboxylic acids is 1. The molecular formula is C23H14O3. The third kappa shape index (κ3) is 3.50. The van der Waals surface area contributed by atoms with Crippen molar-refractivity contribution in [2.24, 2.45) is 0 Å². The maximum atomic E-state index is 11.9. The number of hydrogen-bond acceptors (Lipinski definition) is 3. The smallest absolute Gasteiger partial charge is 0.390 e. The maximum absolute atomic E-state index is 11.9. The standard InChI is InChI=1S/C23H14O3/c24-23(14-11-17-7-3-1-4-8-17)25-20-13-12-19-15-21(26-22(19)16-20)18-9-5-2-6-10-18/h1-10,12-13,15-16H. The molecule has 0 amide bonds. The zero-order chi connectivity index (χ0) is 17.8. The molecule has 0 spiro atoms. The van der Waals surface area contributed by atoms with Crippen LogP contribution >= 0.6 is 0 Å². The highest BCUT2D eigenvalue weighted by molar-refractivity contribution is 5.91. The summed E-state index contributed by atoms with van der Waals surface area (Å²) in [4.78, 5) is 11.9. The second-order valence-corrected chi connectivity index (χ2v) is 5.68. The lowest BCUT2D eigenvalue weighted by molar-refractivity contribution is -0.128. The Labute approximate surface area is 150 Å². The fourth-order valence-electron chi connectivity index (χ4n) is 2.60. The summed E-state index contributed by atoms with van der Waals surface area (Å²) in [5, 5.41) is 0.944. The van der Waals surface area contributed by atoms with Gasteiger partial charge in [0.05, 0.1) is 0 Å². The van der Waals surface area contributed by atoms with Crippen molar-refractivity contribution in [3.63, 3.8) is 0 Å². The highest BCUT2D eigenvalue weighted by Crippen LogP contribution is 2.30. The van der Waals surface area contributed by atoms with Crippen LogP contribution in [0.25, 0.3) is 22.3 Å². The predicted molar refractivity (Wildman–Crippen MR) is 101 cm³/mol. The molecule has 3 nitrogen and oxygen atoms in total. The molecule has 0 aliphatic rings. The average molecular weight is 338 g/mol. The largest absolute Gasteiger partial charge is 0.456 e. The SMILES string of the molecule is O=C(C#Cc1ccccc1)Oc1ccc2cc(-c3ccccc3)oc2c1. The third-order valence-electron chi connectivity index (χ3n) is 3.84. The fraction of sp³-hybridized carbons (Fsp3) is 0. The van der Waals surface area contributed by atoms with Gasteiger partial charge in [-0.25, -0.2) is 4.79 Å². The Morgan fingerprint density at radius 2 is 1.58 bits per heavy atom. The summed E-state index contributed by atoms with van der Waals surface area (Å²) in [7, 11) is 0. The van der Waals surface area contributed by atoms with Crippen molar-refractivity contribution in [3.05, 3.63) is 90.5 Å². The first-order chi connectivity index (χ1) is 12.8.